The van der Waals surface area contributed by atoms with E-state index in [4.69, 9.17) is 4.74 Å². The highest BCUT2D eigenvalue weighted by atomic mass is 32.2. The Kier molecular flexibility index (Phi) is 5.81. The number of hydrogen-bond donors (Lipinski definition) is 0. The van der Waals surface area contributed by atoms with Crippen molar-refractivity contribution in [2.75, 3.05) is 18.6 Å². The van der Waals surface area contributed by atoms with Gasteiger partial charge in [-0.3, -0.25) is 14.5 Å². The summed E-state index contributed by atoms with van der Waals surface area (Å²) in [5.74, 6) is -0.641. The smallest absolute Gasteiger partial charge is 0.329 e. The van der Waals surface area contributed by atoms with Crippen molar-refractivity contribution >= 4 is 40.6 Å². The van der Waals surface area contributed by atoms with Gasteiger partial charge >= 0.3 is 5.97 Å². The number of rotatable bonds is 4. The summed E-state index contributed by atoms with van der Waals surface area (Å²) < 4.78 is 4.95. The number of amides is 2. The first-order valence-corrected chi connectivity index (χ1v) is 10.7. The van der Waals surface area contributed by atoms with E-state index >= 15 is 0 Å². The molecule has 0 aromatic heterocycles. The summed E-state index contributed by atoms with van der Waals surface area (Å²) in [4.78, 5) is 40.7. The Morgan fingerprint density at radius 3 is 2.72 bits per heavy atom. The Labute approximate surface area is 176 Å². The van der Waals surface area contributed by atoms with E-state index in [2.05, 4.69) is 44.9 Å². The van der Waals surface area contributed by atoms with E-state index in [1.165, 1.54) is 18.2 Å². The minimum absolute atomic E-state index is 0.0832. The van der Waals surface area contributed by atoms with Crippen LogP contribution in [0.15, 0.2) is 23.1 Å². The second-order valence-corrected chi connectivity index (χ2v) is 9.27. The zero-order valence-corrected chi connectivity index (χ0v) is 18.6. The third kappa shape index (κ3) is 3.92. The molecule has 1 fully saturated rings. The highest BCUT2D eigenvalue weighted by Gasteiger charge is 2.41. The molecular weight excluding hydrogens is 388 g/mol. The Bertz CT molecular complexity index is 893. The number of nitrogens with zero attached hydrogens (tertiary/aromatic N) is 2. The molecule has 0 bridgehead atoms. The molecule has 3 rings (SSSR count). The molecule has 1 aromatic carbocycles. The van der Waals surface area contributed by atoms with Gasteiger partial charge in [-0.2, -0.15) is 0 Å². The number of esters is 1. The molecule has 0 saturated carbocycles. The van der Waals surface area contributed by atoms with Gasteiger partial charge in [-0.05, 0) is 81.1 Å². The second-order valence-electron chi connectivity index (χ2n) is 8.27. The number of fused-ring (bicyclic) bond motifs is 1. The van der Waals surface area contributed by atoms with E-state index in [-0.39, 0.29) is 12.1 Å². The van der Waals surface area contributed by atoms with Crippen LogP contribution in [-0.2, 0) is 14.3 Å². The molecule has 29 heavy (non-hydrogen) atoms. The van der Waals surface area contributed by atoms with Gasteiger partial charge in [0.2, 0.25) is 0 Å². The van der Waals surface area contributed by atoms with E-state index in [1.54, 1.807) is 13.0 Å². The Hall–Kier alpha value is -2.28. The number of carbonyl (C=O) groups excluding carboxylic acids is 3. The zero-order chi connectivity index (χ0) is 21.5. The lowest BCUT2D eigenvalue weighted by Crippen LogP contribution is -2.45. The molecule has 156 valence electrons. The standard InChI is InChI=1S/C22H28N2O4S/c1-7-28-20(26)14(3)24-19(25)18(29-21(24)27)11-15-8-9-17-16(10-15)13(2)12-22(4,5)23(17)6/h8-11,13-14H,7,12H2,1-6H3/b18-11+/t13-,14+/m0/s1. The van der Waals surface area contributed by atoms with Crippen molar-refractivity contribution in [3.8, 4) is 0 Å². The molecule has 0 unspecified atom stereocenters. The molecule has 2 atom stereocenters. The number of carbonyl (C=O) groups is 3. The predicted molar refractivity (Wildman–Crippen MR) is 116 cm³/mol. The van der Waals surface area contributed by atoms with Gasteiger partial charge in [0.15, 0.2) is 0 Å². The van der Waals surface area contributed by atoms with Crippen LogP contribution in [0.3, 0.4) is 0 Å². The Morgan fingerprint density at radius 2 is 2.07 bits per heavy atom. The molecule has 2 aliphatic heterocycles. The molecule has 1 saturated heterocycles. The average molecular weight is 417 g/mol. The molecule has 2 aliphatic rings. The van der Waals surface area contributed by atoms with Gasteiger partial charge in [0.25, 0.3) is 11.1 Å². The highest BCUT2D eigenvalue weighted by molar-refractivity contribution is 8.18. The lowest BCUT2D eigenvalue weighted by molar-refractivity contribution is -0.150. The minimum atomic E-state index is -0.937. The SMILES string of the molecule is CCOC(=O)[C@@H](C)N1C(=O)S/C(=C/c2ccc3c(c2)[C@@H](C)CC(C)(C)N3C)C1=O. The van der Waals surface area contributed by atoms with Gasteiger partial charge in [0.1, 0.15) is 6.04 Å². The highest BCUT2D eigenvalue weighted by Crippen LogP contribution is 2.43. The summed E-state index contributed by atoms with van der Waals surface area (Å²) in [6, 6.07) is 5.19. The lowest BCUT2D eigenvalue weighted by Gasteiger charge is -2.45. The van der Waals surface area contributed by atoms with Crippen molar-refractivity contribution in [1.82, 2.24) is 4.90 Å². The summed E-state index contributed by atoms with van der Waals surface area (Å²) in [5.41, 5.74) is 3.38. The molecule has 0 N–H and O–H groups in total. The monoisotopic (exact) mass is 416 g/mol. The van der Waals surface area contributed by atoms with E-state index in [1.807, 2.05) is 6.07 Å². The fourth-order valence-corrected chi connectivity index (χ4v) is 4.93. The van der Waals surface area contributed by atoms with E-state index in [0.717, 1.165) is 28.6 Å². The van der Waals surface area contributed by atoms with E-state index in [9.17, 15) is 14.4 Å². The van der Waals surface area contributed by atoms with Crippen LogP contribution in [-0.4, -0.2) is 47.3 Å². The van der Waals surface area contributed by atoms with Crippen LogP contribution in [0.4, 0.5) is 10.5 Å². The quantitative estimate of drug-likeness (QED) is 0.535. The van der Waals surface area contributed by atoms with Gasteiger partial charge in [-0.15, -0.1) is 0 Å². The molecular formula is C22H28N2O4S. The lowest BCUT2D eigenvalue weighted by atomic mass is 9.80. The van der Waals surface area contributed by atoms with Gasteiger partial charge in [0, 0.05) is 18.3 Å². The first kappa shape index (κ1) is 21.4. The number of ether oxygens (including phenoxy) is 1. The van der Waals surface area contributed by atoms with Crippen LogP contribution in [0.25, 0.3) is 6.08 Å². The number of thioether (sulfide) groups is 1. The summed E-state index contributed by atoms with van der Waals surface area (Å²) in [6.45, 7) is 10.1. The number of anilines is 1. The zero-order valence-electron chi connectivity index (χ0n) is 17.8. The van der Waals surface area contributed by atoms with Gasteiger partial charge < -0.3 is 9.64 Å². The normalized spacial score (nSPS) is 23.4. The third-order valence-electron chi connectivity index (χ3n) is 5.79. The maximum Gasteiger partial charge on any atom is 0.329 e. The molecule has 2 amide bonds. The van der Waals surface area contributed by atoms with Crippen molar-refractivity contribution in [1.29, 1.82) is 0 Å². The first-order chi connectivity index (χ1) is 13.6. The second kappa shape index (κ2) is 7.86. The Morgan fingerprint density at radius 1 is 1.38 bits per heavy atom. The number of imide groups is 1. The van der Waals surface area contributed by atoms with E-state index in [0.29, 0.717) is 10.8 Å². The van der Waals surface area contributed by atoms with Gasteiger partial charge in [0.05, 0.1) is 11.5 Å². The summed E-state index contributed by atoms with van der Waals surface area (Å²) >= 11 is 0.859. The maximum absolute atomic E-state index is 12.8. The average Bonchev–Trinajstić information content (AvgIpc) is 2.92. The molecule has 0 aliphatic carbocycles. The molecule has 6 nitrogen and oxygen atoms in total. The molecule has 1 aromatic rings. The van der Waals surface area contributed by atoms with Crippen molar-refractivity contribution in [3.05, 3.63) is 34.2 Å². The van der Waals surface area contributed by atoms with Crippen molar-refractivity contribution in [2.45, 2.75) is 58.5 Å². The molecule has 2 heterocycles. The largest absolute Gasteiger partial charge is 0.464 e. The fourth-order valence-electron chi connectivity index (χ4n) is 4.02. The molecule has 7 heteroatoms. The van der Waals surface area contributed by atoms with Crippen molar-refractivity contribution < 1.29 is 19.1 Å². The summed E-state index contributed by atoms with van der Waals surface area (Å²) in [6.07, 6.45) is 2.77. The molecule has 0 radical (unpaired) electrons. The minimum Gasteiger partial charge on any atom is -0.464 e. The number of benzene rings is 1. The molecule has 0 spiro atoms. The van der Waals surface area contributed by atoms with Crippen LogP contribution in [0.1, 0.15) is 58.1 Å². The number of hydrogen-bond acceptors (Lipinski definition) is 6. The van der Waals surface area contributed by atoms with Crippen LogP contribution < -0.4 is 4.90 Å². The van der Waals surface area contributed by atoms with Gasteiger partial charge in [-0.1, -0.05) is 13.0 Å². The fraction of sp³-hybridized carbons (Fsp3) is 0.500. The first-order valence-electron chi connectivity index (χ1n) is 9.88. The van der Waals surface area contributed by atoms with Crippen LogP contribution in [0.5, 0.6) is 0 Å². The maximum atomic E-state index is 12.8. The van der Waals surface area contributed by atoms with Crippen LogP contribution in [0, 0.1) is 0 Å². The third-order valence-corrected chi connectivity index (χ3v) is 6.68. The van der Waals surface area contributed by atoms with Crippen LogP contribution in [0.2, 0.25) is 0 Å². The van der Waals surface area contributed by atoms with Crippen molar-refractivity contribution in [2.24, 2.45) is 0 Å². The Balaban J connectivity index is 1.88. The van der Waals surface area contributed by atoms with Gasteiger partial charge in [-0.25, -0.2) is 4.79 Å². The summed E-state index contributed by atoms with van der Waals surface area (Å²) in [5, 5.41) is -0.449. The summed E-state index contributed by atoms with van der Waals surface area (Å²) in [7, 11) is 2.10. The van der Waals surface area contributed by atoms with E-state index < -0.39 is 23.2 Å². The van der Waals surface area contributed by atoms with Crippen molar-refractivity contribution in [3.63, 3.8) is 0 Å². The van der Waals surface area contributed by atoms with Crippen LogP contribution >= 0.6 is 11.8 Å². The topological polar surface area (TPSA) is 66.9 Å². The predicted octanol–water partition coefficient (Wildman–Crippen LogP) is 4.40.